The maximum absolute atomic E-state index is 9.00. The molecule has 0 saturated heterocycles. The Bertz CT molecular complexity index is 102. The van der Waals surface area contributed by atoms with Crippen molar-refractivity contribution in [3.05, 3.63) is 15.0 Å². The Morgan fingerprint density at radius 3 is 1.55 bits per heavy atom. The highest BCUT2D eigenvalue weighted by atomic mass is 16.9. The van der Waals surface area contributed by atoms with Gasteiger partial charge in [0.2, 0.25) is 0 Å². The molecule has 0 aliphatic rings. The summed E-state index contributed by atoms with van der Waals surface area (Å²) < 4.78 is 0. The van der Waals surface area contributed by atoms with E-state index < -0.39 is 11.1 Å². The van der Waals surface area contributed by atoms with Gasteiger partial charge in [-0.1, -0.05) is 0 Å². The van der Waals surface area contributed by atoms with Gasteiger partial charge in [0.1, 0.15) is 0 Å². The fourth-order valence-electron chi connectivity index (χ4n) is 0. The van der Waals surface area contributed by atoms with E-state index in [2.05, 4.69) is 11.5 Å². The summed E-state index contributed by atoms with van der Waals surface area (Å²) in [6, 6.07) is -0.833. The largest absolute Gasteiger partial charge is 0.379 e. The Balaban J connectivity index is -0.0000000886. The Labute approximate surface area is 59.4 Å². The molecule has 0 rings (SSSR count). The Morgan fingerprint density at radius 1 is 1.55 bits per heavy atom. The van der Waals surface area contributed by atoms with Crippen LogP contribution in [0.3, 0.4) is 0 Å². The lowest BCUT2D eigenvalue weighted by molar-refractivity contribution is -0.742. The summed E-state index contributed by atoms with van der Waals surface area (Å²) in [5.41, 5.74) is 8.50. The Kier molecular flexibility index (Phi) is 22.7. The second-order valence-electron chi connectivity index (χ2n) is 0.722. The van der Waals surface area contributed by atoms with Crippen molar-refractivity contribution in [2.45, 2.75) is 0 Å². The van der Waals surface area contributed by atoms with Gasteiger partial charge in [-0.15, -0.1) is 15.0 Å². The lowest BCUT2D eigenvalue weighted by Crippen LogP contribution is -2.18. The molecule has 10 nitrogen and oxygen atoms in total. The Hall–Kier alpha value is -2.13. The molecule has 0 heterocycles. The van der Waals surface area contributed by atoms with Gasteiger partial charge in [0.15, 0.2) is 5.34 Å². The van der Waals surface area contributed by atoms with Gasteiger partial charge in [0.05, 0.1) is 0 Å². The molecule has 0 aromatic rings. The van der Waals surface area contributed by atoms with Crippen LogP contribution < -0.4 is 11.5 Å². The molecule has 10 heteroatoms. The first-order valence-corrected chi connectivity index (χ1v) is 1.73. The highest BCUT2D eigenvalue weighted by Gasteiger charge is 1.65. The molecule has 2 amide bonds. The number of primary amides is 2. The van der Waals surface area contributed by atoms with E-state index in [0.717, 1.165) is 0 Å². The van der Waals surface area contributed by atoms with Crippen LogP contribution in [0.4, 0.5) is 4.79 Å². The van der Waals surface area contributed by atoms with E-state index in [4.69, 9.17) is 30.2 Å². The predicted octanol–water partition coefficient (Wildman–Crippen LogP) is -1.18. The molecule has 0 fully saturated rings. The van der Waals surface area contributed by atoms with Gasteiger partial charge >= 0.3 is 6.03 Å². The van der Waals surface area contributed by atoms with E-state index in [0.29, 0.717) is 0 Å². The molecule has 0 atom stereocenters. The molecule has 0 spiro atoms. The molecule has 0 aliphatic heterocycles. The zero-order valence-electron chi connectivity index (χ0n) is 5.08. The lowest BCUT2D eigenvalue weighted by atomic mass is 11.2. The molecule has 0 saturated carbocycles. The number of amides is 2. The summed E-state index contributed by atoms with van der Waals surface area (Å²) in [7, 11) is 0. The zero-order chi connectivity index (χ0) is 9.86. The molecule has 6 N–H and O–H groups in total. The number of hydrogen-bond donors (Lipinski definition) is 4. The minimum atomic E-state index is -1.50. The number of carbonyl (C=O) groups excluding carboxylic acids is 1. The van der Waals surface area contributed by atoms with Crippen LogP contribution >= 0.6 is 0 Å². The monoisotopic (exact) mass is 170 g/mol. The fourth-order valence-corrected chi connectivity index (χ4v) is 0. The number of carbonyl (C=O) groups is 1. The molecular formula is CH6N4O6. The summed E-state index contributed by atoms with van der Waals surface area (Å²) in [6.45, 7) is 0. The number of urea groups is 1. The average molecular weight is 170 g/mol. The third-order valence-electron chi connectivity index (χ3n) is 0. The van der Waals surface area contributed by atoms with E-state index in [1.807, 2.05) is 0 Å². The number of hydrogen-bond acceptors (Lipinski definition) is 5. The minimum absolute atomic E-state index is 0.833. The smallest absolute Gasteiger partial charge is 0.309 e. The first-order chi connectivity index (χ1) is 4.88. The standard InChI is InChI=1S/CH4N2O.HNO3.HNO2/c2*2-1(3)4;2-1-3/h(H4,2,3,4);(H,2,3,4);(H,2,3). The number of nitrogens with two attached hydrogens (primary N) is 2. The Morgan fingerprint density at radius 2 is 1.55 bits per heavy atom. The van der Waals surface area contributed by atoms with E-state index in [9.17, 15) is 0 Å². The van der Waals surface area contributed by atoms with Crippen LogP contribution in [0, 0.1) is 15.0 Å². The van der Waals surface area contributed by atoms with Crippen molar-refractivity contribution in [3.8, 4) is 0 Å². The van der Waals surface area contributed by atoms with E-state index in [-0.39, 0.29) is 0 Å². The van der Waals surface area contributed by atoms with Gasteiger partial charge in [-0.25, -0.2) is 4.79 Å². The lowest BCUT2D eigenvalue weighted by Gasteiger charge is -1.62. The van der Waals surface area contributed by atoms with E-state index >= 15 is 0 Å². The minimum Gasteiger partial charge on any atom is -0.379 e. The highest BCUT2D eigenvalue weighted by Crippen LogP contribution is 1.38. The molecule has 11 heavy (non-hydrogen) atoms. The van der Waals surface area contributed by atoms with Gasteiger partial charge in [-0.3, -0.25) is 0 Å². The van der Waals surface area contributed by atoms with Crippen LogP contribution in [0.1, 0.15) is 0 Å². The van der Waals surface area contributed by atoms with Crippen LogP contribution in [-0.2, 0) is 0 Å². The van der Waals surface area contributed by atoms with Crippen molar-refractivity contribution in [3.63, 3.8) is 0 Å². The summed E-state index contributed by atoms with van der Waals surface area (Å²) >= 11 is 0. The normalized spacial score (nSPS) is 5.45. The van der Waals surface area contributed by atoms with Gasteiger partial charge in [0.25, 0.3) is 5.09 Å². The summed E-state index contributed by atoms with van der Waals surface area (Å²) in [5, 5.41) is 21.5. The van der Waals surface area contributed by atoms with Crippen LogP contribution in [-0.4, -0.2) is 21.5 Å². The van der Waals surface area contributed by atoms with Crippen molar-refractivity contribution in [1.29, 1.82) is 0 Å². The highest BCUT2D eigenvalue weighted by molar-refractivity contribution is 5.69. The molecule has 0 aliphatic carbocycles. The molecule has 0 aromatic heterocycles. The summed E-state index contributed by atoms with van der Waals surface area (Å²) in [6.07, 6.45) is 0. The maximum atomic E-state index is 9.00. The van der Waals surface area contributed by atoms with E-state index in [1.165, 1.54) is 5.34 Å². The van der Waals surface area contributed by atoms with Crippen molar-refractivity contribution < 1.29 is 20.3 Å². The second-order valence-corrected chi connectivity index (χ2v) is 0.722. The summed E-state index contributed by atoms with van der Waals surface area (Å²) in [4.78, 5) is 25.5. The second kappa shape index (κ2) is 15.7. The van der Waals surface area contributed by atoms with Crippen LogP contribution in [0.15, 0.2) is 5.34 Å². The van der Waals surface area contributed by atoms with Crippen molar-refractivity contribution in [2.75, 3.05) is 0 Å². The van der Waals surface area contributed by atoms with Crippen molar-refractivity contribution in [1.82, 2.24) is 0 Å². The van der Waals surface area contributed by atoms with Gasteiger partial charge in [0, 0.05) is 0 Å². The third-order valence-corrected chi connectivity index (χ3v) is 0. The van der Waals surface area contributed by atoms with Crippen LogP contribution in [0.5, 0.6) is 0 Å². The van der Waals surface area contributed by atoms with Crippen molar-refractivity contribution >= 4 is 6.03 Å². The zero-order valence-corrected chi connectivity index (χ0v) is 5.08. The molecule has 0 unspecified atom stereocenters. The van der Waals surface area contributed by atoms with Gasteiger partial charge < -0.3 is 21.9 Å². The molecular weight excluding hydrogens is 164 g/mol. The molecule has 0 bridgehead atoms. The SMILES string of the molecule is NC(N)=O.O=NO.O=[N+]([O-])O. The number of nitrogens with zero attached hydrogens (tertiary/aromatic N) is 2. The molecule has 0 aromatic carbocycles. The summed E-state index contributed by atoms with van der Waals surface area (Å²) in [5.74, 6) is 0. The van der Waals surface area contributed by atoms with Gasteiger partial charge in [-0.05, 0) is 0 Å². The van der Waals surface area contributed by atoms with Crippen molar-refractivity contribution in [2.24, 2.45) is 16.8 Å². The van der Waals surface area contributed by atoms with E-state index in [1.54, 1.807) is 0 Å². The first kappa shape index (κ1) is 15.9. The molecule has 66 valence electrons. The average Bonchev–Trinajstić information content (AvgIpc) is 1.60. The predicted molar refractivity (Wildman–Crippen MR) is 30.1 cm³/mol. The first-order valence-electron chi connectivity index (χ1n) is 1.73. The third kappa shape index (κ3) is 59.8. The topological polar surface area (TPSA) is 182 Å². The van der Waals surface area contributed by atoms with Crippen LogP contribution in [0.2, 0.25) is 0 Å². The quantitative estimate of drug-likeness (QED) is 0.201. The number of rotatable bonds is 0. The fraction of sp³-hybridized carbons (Fsp3) is 0. The van der Waals surface area contributed by atoms with Crippen LogP contribution in [0.25, 0.3) is 0 Å². The van der Waals surface area contributed by atoms with Gasteiger partial charge in [-0.2, -0.15) is 0 Å². The molecule has 0 radical (unpaired) electrons. The maximum Gasteiger partial charge on any atom is 0.309 e.